The van der Waals surface area contributed by atoms with E-state index in [-0.39, 0.29) is 30.1 Å². The van der Waals surface area contributed by atoms with Crippen LogP contribution in [0.15, 0.2) is 47.4 Å². The van der Waals surface area contributed by atoms with Crippen LogP contribution in [0.1, 0.15) is 25.8 Å². The van der Waals surface area contributed by atoms with Crippen LogP contribution in [0.4, 0.5) is 0 Å². The first-order chi connectivity index (χ1) is 12.0. The molecule has 0 aliphatic carbocycles. The van der Waals surface area contributed by atoms with Crippen molar-refractivity contribution in [1.82, 2.24) is 5.32 Å². The molecule has 0 bridgehead atoms. The molecular formula is C18H19NO6. The van der Waals surface area contributed by atoms with Crippen molar-refractivity contribution in [3.63, 3.8) is 0 Å². The fourth-order valence-electron chi connectivity index (χ4n) is 2.40. The van der Waals surface area contributed by atoms with Crippen LogP contribution in [-0.2, 0) is 28.6 Å². The first-order valence-electron chi connectivity index (χ1n) is 7.70. The summed E-state index contributed by atoms with van der Waals surface area (Å²) >= 11 is 0. The fraction of sp³-hybridized carbons (Fsp3) is 0.278. The van der Waals surface area contributed by atoms with Gasteiger partial charge in [-0.05, 0) is 6.92 Å². The Bertz CT molecular complexity index is 748. The number of nitrogens with one attached hydrogen (secondary N) is 1. The van der Waals surface area contributed by atoms with Gasteiger partial charge in [-0.15, -0.1) is 0 Å². The van der Waals surface area contributed by atoms with E-state index in [0.717, 1.165) is 0 Å². The zero-order chi connectivity index (χ0) is 18.4. The molecular weight excluding hydrogens is 326 g/mol. The summed E-state index contributed by atoms with van der Waals surface area (Å²) in [6.07, 6.45) is -0.120. The summed E-state index contributed by atoms with van der Waals surface area (Å²) in [5.74, 6) is -1.92. The number of allylic oxidation sites excluding steroid dienone is 1. The Morgan fingerprint density at radius 1 is 1.20 bits per heavy atom. The molecule has 7 heteroatoms. The van der Waals surface area contributed by atoms with Gasteiger partial charge < -0.3 is 19.5 Å². The molecule has 132 valence electrons. The Balaban J connectivity index is 2.57. The second-order valence-corrected chi connectivity index (χ2v) is 5.12. The first kappa shape index (κ1) is 18.3. The van der Waals surface area contributed by atoms with Crippen molar-refractivity contribution in [3.05, 3.63) is 53.0 Å². The number of hydrogen-bond donors (Lipinski definition) is 1. The quantitative estimate of drug-likeness (QED) is 0.820. The van der Waals surface area contributed by atoms with Crippen LogP contribution in [-0.4, -0.2) is 31.6 Å². The minimum Gasteiger partial charge on any atom is -0.491 e. The molecule has 1 aliphatic heterocycles. The van der Waals surface area contributed by atoms with Crippen LogP contribution in [0.2, 0.25) is 0 Å². The lowest BCUT2D eigenvalue weighted by atomic mass is 10.1. The Hall–Kier alpha value is -3.09. The van der Waals surface area contributed by atoms with Crippen LogP contribution in [0.3, 0.4) is 0 Å². The zero-order valence-corrected chi connectivity index (χ0v) is 14.3. The van der Waals surface area contributed by atoms with Crippen molar-refractivity contribution in [1.29, 1.82) is 0 Å². The van der Waals surface area contributed by atoms with E-state index in [0.29, 0.717) is 11.3 Å². The molecule has 0 atom stereocenters. The van der Waals surface area contributed by atoms with E-state index in [1.165, 1.54) is 14.0 Å². The van der Waals surface area contributed by atoms with Crippen molar-refractivity contribution in [2.24, 2.45) is 0 Å². The molecule has 0 spiro atoms. The van der Waals surface area contributed by atoms with Crippen molar-refractivity contribution >= 4 is 23.5 Å². The van der Waals surface area contributed by atoms with Crippen LogP contribution in [0, 0.1) is 0 Å². The second-order valence-electron chi connectivity index (χ2n) is 5.12. The molecule has 0 fully saturated rings. The van der Waals surface area contributed by atoms with Crippen LogP contribution in [0.5, 0.6) is 0 Å². The van der Waals surface area contributed by atoms with Gasteiger partial charge in [0.25, 0.3) is 5.91 Å². The highest BCUT2D eigenvalue weighted by molar-refractivity contribution is 6.06. The highest BCUT2D eigenvalue weighted by Crippen LogP contribution is 2.29. The SMILES string of the molecule is CCOC(=O)C1=C(OC)C(=O)NC(c2ccccc2)=C(OC(C)=O)C1. The third kappa shape index (κ3) is 4.26. The summed E-state index contributed by atoms with van der Waals surface area (Å²) in [6.45, 7) is 3.03. The number of methoxy groups -OCH3 is 1. The average molecular weight is 345 g/mol. The van der Waals surface area contributed by atoms with E-state index in [2.05, 4.69) is 5.32 Å². The average Bonchev–Trinajstić information content (AvgIpc) is 2.72. The summed E-state index contributed by atoms with van der Waals surface area (Å²) in [6, 6.07) is 8.88. The lowest BCUT2D eigenvalue weighted by molar-refractivity contribution is -0.140. The van der Waals surface area contributed by atoms with E-state index >= 15 is 0 Å². The van der Waals surface area contributed by atoms with Gasteiger partial charge in [-0.3, -0.25) is 9.59 Å². The molecule has 7 nitrogen and oxygen atoms in total. The van der Waals surface area contributed by atoms with E-state index in [9.17, 15) is 14.4 Å². The summed E-state index contributed by atoms with van der Waals surface area (Å²) in [7, 11) is 1.28. The molecule has 1 N–H and O–H groups in total. The highest BCUT2D eigenvalue weighted by atomic mass is 16.5. The van der Waals surface area contributed by atoms with Gasteiger partial charge in [-0.25, -0.2) is 4.79 Å². The molecule has 1 aromatic carbocycles. The zero-order valence-electron chi connectivity index (χ0n) is 14.3. The third-order valence-electron chi connectivity index (χ3n) is 3.39. The molecule has 0 saturated carbocycles. The minimum atomic E-state index is -0.700. The third-order valence-corrected chi connectivity index (χ3v) is 3.39. The second kappa shape index (κ2) is 8.14. The number of benzene rings is 1. The predicted molar refractivity (Wildman–Crippen MR) is 88.6 cm³/mol. The molecule has 1 heterocycles. The number of amides is 1. The standard InChI is InChI=1S/C18H19NO6/c1-4-24-18(22)13-10-14(25-11(2)20)15(12-8-6-5-7-9-12)19-17(21)16(13)23-3/h5-9H,4,10H2,1-3H3,(H,19,21). The number of carbonyl (C=O) groups is 3. The molecule has 2 rings (SSSR count). The Labute approximate surface area is 145 Å². The van der Waals surface area contributed by atoms with Gasteiger partial charge in [-0.2, -0.15) is 0 Å². The summed E-state index contributed by atoms with van der Waals surface area (Å²) in [5.41, 5.74) is 0.923. The van der Waals surface area contributed by atoms with Gasteiger partial charge in [-0.1, -0.05) is 30.3 Å². The van der Waals surface area contributed by atoms with Crippen molar-refractivity contribution in [3.8, 4) is 0 Å². The minimum absolute atomic E-state index is 0.0102. The predicted octanol–water partition coefficient (Wildman–Crippen LogP) is 1.90. The Kier molecular flexibility index (Phi) is 5.94. The fourth-order valence-corrected chi connectivity index (χ4v) is 2.40. The van der Waals surface area contributed by atoms with Gasteiger partial charge in [0.15, 0.2) is 5.76 Å². The Morgan fingerprint density at radius 2 is 1.88 bits per heavy atom. The van der Waals surface area contributed by atoms with Crippen molar-refractivity contribution < 1.29 is 28.6 Å². The largest absolute Gasteiger partial charge is 0.491 e. The molecule has 1 aliphatic rings. The van der Waals surface area contributed by atoms with E-state index in [1.807, 2.05) is 6.07 Å². The van der Waals surface area contributed by atoms with Gasteiger partial charge in [0, 0.05) is 18.9 Å². The van der Waals surface area contributed by atoms with E-state index in [1.54, 1.807) is 31.2 Å². The normalized spacial score (nSPS) is 14.6. The first-order valence-corrected chi connectivity index (χ1v) is 7.70. The summed E-state index contributed by atoms with van der Waals surface area (Å²) in [5, 5.41) is 2.65. The van der Waals surface area contributed by atoms with Crippen LogP contribution >= 0.6 is 0 Å². The number of ether oxygens (including phenoxy) is 3. The molecule has 0 aromatic heterocycles. The Morgan fingerprint density at radius 3 is 2.44 bits per heavy atom. The lowest BCUT2D eigenvalue weighted by Crippen LogP contribution is -2.25. The maximum absolute atomic E-state index is 12.5. The molecule has 25 heavy (non-hydrogen) atoms. The van der Waals surface area contributed by atoms with Crippen molar-refractivity contribution in [2.45, 2.75) is 20.3 Å². The van der Waals surface area contributed by atoms with Gasteiger partial charge in [0.1, 0.15) is 5.76 Å². The smallest absolute Gasteiger partial charge is 0.338 e. The monoisotopic (exact) mass is 345 g/mol. The maximum atomic E-state index is 12.5. The van der Waals surface area contributed by atoms with Gasteiger partial charge >= 0.3 is 11.9 Å². The number of hydrogen-bond acceptors (Lipinski definition) is 6. The van der Waals surface area contributed by atoms with E-state index < -0.39 is 17.8 Å². The lowest BCUT2D eigenvalue weighted by Gasteiger charge is -2.13. The van der Waals surface area contributed by atoms with E-state index in [4.69, 9.17) is 14.2 Å². The molecule has 1 amide bonds. The van der Waals surface area contributed by atoms with Crippen LogP contribution in [0.25, 0.3) is 5.70 Å². The highest BCUT2D eigenvalue weighted by Gasteiger charge is 2.31. The summed E-state index contributed by atoms with van der Waals surface area (Å²) in [4.78, 5) is 36.2. The molecule has 1 aromatic rings. The van der Waals surface area contributed by atoms with Crippen LogP contribution < -0.4 is 5.32 Å². The van der Waals surface area contributed by atoms with Gasteiger partial charge in [0.2, 0.25) is 0 Å². The molecule has 0 unspecified atom stereocenters. The summed E-state index contributed by atoms with van der Waals surface area (Å²) < 4.78 is 15.4. The van der Waals surface area contributed by atoms with Crippen molar-refractivity contribution in [2.75, 3.05) is 13.7 Å². The molecule has 0 saturated heterocycles. The number of esters is 2. The maximum Gasteiger partial charge on any atom is 0.338 e. The number of carbonyl (C=O) groups excluding carboxylic acids is 3. The van der Waals surface area contributed by atoms with Gasteiger partial charge in [0.05, 0.1) is 25.0 Å². The number of rotatable bonds is 5. The topological polar surface area (TPSA) is 90.9 Å². The molecule has 0 radical (unpaired) electrons.